The zero-order valence-corrected chi connectivity index (χ0v) is 17.4. The average molecular weight is 393 g/mol. The number of amides is 1. The van der Waals surface area contributed by atoms with E-state index in [1.54, 1.807) is 0 Å². The largest absolute Gasteiger partial charge is 0.389 e. The molecule has 2 saturated heterocycles. The van der Waals surface area contributed by atoms with Crippen LogP contribution >= 0.6 is 0 Å². The van der Waals surface area contributed by atoms with Crippen LogP contribution in [0.2, 0.25) is 0 Å². The Hall–Kier alpha value is -1.91. The van der Waals surface area contributed by atoms with Gasteiger partial charge in [0.2, 0.25) is 5.91 Å². The number of aliphatic hydroxyl groups is 1. The van der Waals surface area contributed by atoms with Crippen molar-refractivity contribution in [3.05, 3.63) is 47.5 Å². The third kappa shape index (κ3) is 3.47. The molecule has 0 spiro atoms. The van der Waals surface area contributed by atoms with Gasteiger partial charge in [-0.2, -0.15) is 0 Å². The second kappa shape index (κ2) is 7.41. The summed E-state index contributed by atoms with van der Waals surface area (Å²) in [5, 5.41) is 13.9. The highest BCUT2D eigenvalue weighted by molar-refractivity contribution is 5.88. The minimum absolute atomic E-state index is 0.158. The zero-order chi connectivity index (χ0) is 20.0. The number of nitrogens with zero attached hydrogens (tertiary/aromatic N) is 2. The van der Waals surface area contributed by atoms with Crippen LogP contribution in [0.1, 0.15) is 43.2 Å². The molecule has 2 aromatic rings. The maximum absolute atomic E-state index is 12.7. The molecule has 1 amide bonds. The summed E-state index contributed by atoms with van der Waals surface area (Å²) >= 11 is 0. The number of piperidine rings is 2. The summed E-state index contributed by atoms with van der Waals surface area (Å²) < 4.78 is 0. The van der Waals surface area contributed by atoms with Gasteiger partial charge in [-0.3, -0.25) is 9.69 Å². The Bertz CT molecular complexity index is 922. The molecule has 1 aliphatic carbocycles. The molecule has 0 radical (unpaired) electrons. The quantitative estimate of drug-likeness (QED) is 0.866. The van der Waals surface area contributed by atoms with Crippen LogP contribution in [0.3, 0.4) is 0 Å². The number of likely N-dealkylation sites (tertiary alicyclic amines) is 2. The first-order chi connectivity index (χ1) is 14.0. The van der Waals surface area contributed by atoms with Crippen LogP contribution in [0.5, 0.6) is 0 Å². The van der Waals surface area contributed by atoms with Crippen molar-refractivity contribution < 1.29 is 9.90 Å². The molecule has 3 fully saturated rings. The van der Waals surface area contributed by atoms with E-state index in [1.165, 1.54) is 28.3 Å². The Balaban J connectivity index is 1.31. The van der Waals surface area contributed by atoms with Crippen LogP contribution in [0.4, 0.5) is 0 Å². The second-order valence-electron chi connectivity index (χ2n) is 9.53. The van der Waals surface area contributed by atoms with Crippen LogP contribution in [-0.2, 0) is 11.3 Å². The fourth-order valence-corrected chi connectivity index (χ4v) is 5.52. The highest BCUT2D eigenvalue weighted by Gasteiger charge is 2.46. The van der Waals surface area contributed by atoms with E-state index >= 15 is 0 Å². The Morgan fingerprint density at radius 3 is 2.59 bits per heavy atom. The van der Waals surface area contributed by atoms with Crippen molar-refractivity contribution in [1.29, 1.82) is 0 Å². The molecule has 0 unspecified atom stereocenters. The van der Waals surface area contributed by atoms with E-state index in [1.807, 2.05) is 4.90 Å². The van der Waals surface area contributed by atoms with E-state index in [4.69, 9.17) is 0 Å². The van der Waals surface area contributed by atoms with Gasteiger partial charge in [0.15, 0.2) is 0 Å². The Kier molecular flexibility index (Phi) is 4.87. The molecule has 2 heterocycles. The van der Waals surface area contributed by atoms with Gasteiger partial charge in [-0.15, -0.1) is 0 Å². The molecule has 2 aromatic carbocycles. The van der Waals surface area contributed by atoms with Gasteiger partial charge < -0.3 is 10.0 Å². The maximum Gasteiger partial charge on any atom is 0.225 e. The lowest BCUT2D eigenvalue weighted by Gasteiger charge is -2.51. The van der Waals surface area contributed by atoms with Crippen LogP contribution < -0.4 is 0 Å². The predicted octanol–water partition coefficient (Wildman–Crippen LogP) is 3.73. The first-order valence-electron chi connectivity index (χ1n) is 11.2. The van der Waals surface area contributed by atoms with Gasteiger partial charge >= 0.3 is 0 Å². The highest BCUT2D eigenvalue weighted by Crippen LogP contribution is 2.38. The summed E-state index contributed by atoms with van der Waals surface area (Å²) in [5.74, 6) is 0.741. The molecule has 5 rings (SSSR count). The van der Waals surface area contributed by atoms with Crippen molar-refractivity contribution in [1.82, 2.24) is 9.80 Å². The number of rotatable bonds is 3. The smallest absolute Gasteiger partial charge is 0.225 e. The van der Waals surface area contributed by atoms with Crippen LogP contribution in [0.15, 0.2) is 36.4 Å². The van der Waals surface area contributed by atoms with E-state index in [0.717, 1.165) is 58.4 Å². The minimum Gasteiger partial charge on any atom is -0.389 e. The predicted molar refractivity (Wildman–Crippen MR) is 116 cm³/mol. The van der Waals surface area contributed by atoms with Gasteiger partial charge in [-0.1, -0.05) is 42.8 Å². The SMILES string of the molecule is Cc1ccc(CN2CC[C@@]3(O)CCN(C(=O)C4CCC4)C[C@H]3C2)c2ccccc12. The number of aryl methyl sites for hydroxylation is 1. The number of benzene rings is 2. The molecule has 0 aromatic heterocycles. The lowest BCUT2D eigenvalue weighted by molar-refractivity contribution is -0.153. The Morgan fingerprint density at radius 2 is 1.83 bits per heavy atom. The lowest BCUT2D eigenvalue weighted by Crippen LogP contribution is -2.61. The molecule has 1 N–H and O–H groups in total. The number of fused-ring (bicyclic) bond motifs is 2. The number of carbonyl (C=O) groups is 1. The molecular formula is C25H32N2O2. The van der Waals surface area contributed by atoms with Crippen molar-refractivity contribution >= 4 is 16.7 Å². The topological polar surface area (TPSA) is 43.8 Å². The normalized spacial score (nSPS) is 28.2. The van der Waals surface area contributed by atoms with Crippen molar-refractivity contribution in [3.8, 4) is 0 Å². The van der Waals surface area contributed by atoms with E-state index in [9.17, 15) is 9.90 Å². The fourth-order valence-electron chi connectivity index (χ4n) is 5.52. The van der Waals surface area contributed by atoms with Crippen molar-refractivity contribution in [3.63, 3.8) is 0 Å². The molecule has 1 saturated carbocycles. The lowest BCUT2D eigenvalue weighted by atomic mass is 9.74. The Labute approximate surface area is 173 Å². The van der Waals surface area contributed by atoms with E-state index in [-0.39, 0.29) is 11.8 Å². The Morgan fingerprint density at radius 1 is 1.07 bits per heavy atom. The van der Waals surface area contributed by atoms with Gasteiger partial charge in [-0.05, 0) is 54.5 Å². The first-order valence-corrected chi connectivity index (χ1v) is 11.2. The molecular weight excluding hydrogens is 360 g/mol. The van der Waals surface area contributed by atoms with Crippen molar-refractivity contribution in [2.45, 2.75) is 51.2 Å². The fraction of sp³-hybridized carbons (Fsp3) is 0.560. The van der Waals surface area contributed by atoms with Crippen LogP contribution in [-0.4, -0.2) is 52.6 Å². The van der Waals surface area contributed by atoms with Gasteiger partial charge in [0.25, 0.3) is 0 Å². The molecule has 154 valence electrons. The molecule has 0 bridgehead atoms. The summed E-state index contributed by atoms with van der Waals surface area (Å²) in [5.41, 5.74) is 2.08. The molecule has 4 heteroatoms. The molecule has 4 nitrogen and oxygen atoms in total. The van der Waals surface area contributed by atoms with Gasteiger partial charge in [0.1, 0.15) is 0 Å². The minimum atomic E-state index is -0.595. The van der Waals surface area contributed by atoms with Crippen molar-refractivity contribution in [2.24, 2.45) is 11.8 Å². The van der Waals surface area contributed by atoms with E-state index in [2.05, 4.69) is 48.2 Å². The van der Waals surface area contributed by atoms with Gasteiger partial charge in [-0.25, -0.2) is 0 Å². The third-order valence-electron chi connectivity index (χ3n) is 7.75. The van der Waals surface area contributed by atoms with Crippen molar-refractivity contribution in [2.75, 3.05) is 26.2 Å². The molecule has 2 atom stereocenters. The standard InChI is InChI=1S/C25H32N2O2/c1-18-9-10-20(23-8-3-2-7-22(18)23)15-26-13-11-25(29)12-14-27(17-21(25)16-26)24(28)19-5-4-6-19/h2-3,7-10,19,21,29H,4-6,11-17H2,1H3/t21-,25-/m1/s1. The molecule has 29 heavy (non-hydrogen) atoms. The summed E-state index contributed by atoms with van der Waals surface area (Å²) in [6.45, 7) is 6.31. The third-order valence-corrected chi connectivity index (χ3v) is 7.75. The van der Waals surface area contributed by atoms with Crippen LogP contribution in [0.25, 0.3) is 10.8 Å². The second-order valence-corrected chi connectivity index (χ2v) is 9.53. The molecule has 3 aliphatic rings. The summed E-state index contributed by atoms with van der Waals surface area (Å²) in [6.07, 6.45) is 4.84. The summed E-state index contributed by atoms with van der Waals surface area (Å²) in [6, 6.07) is 13.1. The summed E-state index contributed by atoms with van der Waals surface area (Å²) in [4.78, 5) is 17.3. The summed E-state index contributed by atoms with van der Waals surface area (Å²) in [7, 11) is 0. The number of carbonyl (C=O) groups excluding carboxylic acids is 1. The van der Waals surface area contributed by atoms with Gasteiger partial charge in [0.05, 0.1) is 5.60 Å². The molecule has 2 aliphatic heterocycles. The highest BCUT2D eigenvalue weighted by atomic mass is 16.3. The zero-order valence-electron chi connectivity index (χ0n) is 17.4. The van der Waals surface area contributed by atoms with E-state index < -0.39 is 5.60 Å². The number of hydrogen-bond acceptors (Lipinski definition) is 3. The maximum atomic E-state index is 12.7. The van der Waals surface area contributed by atoms with Gasteiger partial charge in [0, 0.05) is 44.6 Å². The number of hydrogen-bond donors (Lipinski definition) is 1. The average Bonchev–Trinajstić information content (AvgIpc) is 2.69. The van der Waals surface area contributed by atoms with Crippen LogP contribution in [0, 0.1) is 18.8 Å². The van der Waals surface area contributed by atoms with E-state index in [0.29, 0.717) is 5.91 Å². The first kappa shape index (κ1) is 19.1. The monoisotopic (exact) mass is 392 g/mol.